The minimum atomic E-state index is -0.826. The van der Waals surface area contributed by atoms with E-state index in [0.717, 1.165) is 12.8 Å². The molecule has 0 fully saturated rings. The van der Waals surface area contributed by atoms with Crippen LogP contribution in [0.5, 0.6) is 0 Å². The lowest BCUT2D eigenvalue weighted by atomic mass is 9.99. The third-order valence-corrected chi connectivity index (χ3v) is 3.38. The summed E-state index contributed by atoms with van der Waals surface area (Å²) < 4.78 is 0. The molecule has 0 aromatic rings. The molecular weight excluding hydrogens is 244 g/mol. The van der Waals surface area contributed by atoms with Gasteiger partial charge in [-0.1, -0.05) is 40.0 Å². The summed E-state index contributed by atoms with van der Waals surface area (Å²) in [7, 11) is 0. The van der Waals surface area contributed by atoms with E-state index in [0.29, 0.717) is 25.4 Å². The number of nitrogens with one attached hydrogen (secondary N) is 2. The molecule has 0 saturated carbocycles. The number of amides is 2. The van der Waals surface area contributed by atoms with Crippen LogP contribution in [0.3, 0.4) is 0 Å². The van der Waals surface area contributed by atoms with Crippen LogP contribution in [0.1, 0.15) is 52.9 Å². The van der Waals surface area contributed by atoms with E-state index in [9.17, 15) is 9.59 Å². The Morgan fingerprint density at radius 3 is 2.37 bits per heavy atom. The zero-order chi connectivity index (χ0) is 14.7. The Kier molecular flexibility index (Phi) is 9.94. The number of rotatable bonds is 10. The first-order valence-corrected chi connectivity index (χ1v) is 7.25. The summed E-state index contributed by atoms with van der Waals surface area (Å²) in [6.45, 7) is 7.02. The highest BCUT2D eigenvalue weighted by Gasteiger charge is 2.11. The number of urea groups is 1. The van der Waals surface area contributed by atoms with E-state index in [1.165, 1.54) is 12.8 Å². The van der Waals surface area contributed by atoms with E-state index in [2.05, 4.69) is 24.5 Å². The number of carbonyl (C=O) groups is 2. The van der Waals surface area contributed by atoms with Crippen molar-refractivity contribution in [3.8, 4) is 0 Å². The van der Waals surface area contributed by atoms with Crippen molar-refractivity contribution in [1.29, 1.82) is 0 Å². The summed E-state index contributed by atoms with van der Waals surface area (Å²) in [5.74, 6) is -0.718. The molecule has 0 bridgehead atoms. The first-order chi connectivity index (χ1) is 9.01. The Labute approximate surface area is 116 Å². The van der Waals surface area contributed by atoms with Crippen LogP contribution in [0.2, 0.25) is 0 Å². The van der Waals surface area contributed by atoms with E-state index in [-0.39, 0.29) is 6.03 Å². The van der Waals surface area contributed by atoms with Gasteiger partial charge in [-0.2, -0.15) is 0 Å². The van der Waals surface area contributed by atoms with Gasteiger partial charge < -0.3 is 15.7 Å². The van der Waals surface area contributed by atoms with Crippen molar-refractivity contribution in [3.63, 3.8) is 0 Å². The fourth-order valence-electron chi connectivity index (χ4n) is 1.77. The van der Waals surface area contributed by atoms with Crippen LogP contribution in [0, 0.1) is 11.8 Å². The number of carboxylic acid groups (broad SMARTS) is 1. The normalized spacial score (nSPS) is 13.6. The summed E-state index contributed by atoms with van der Waals surface area (Å²) in [5, 5.41) is 14.2. The Morgan fingerprint density at radius 2 is 1.84 bits per heavy atom. The average molecular weight is 272 g/mol. The molecule has 2 atom stereocenters. The number of unbranched alkanes of at least 4 members (excludes halogenated alkanes) is 1. The Balaban J connectivity index is 3.70. The van der Waals surface area contributed by atoms with Gasteiger partial charge in [-0.3, -0.25) is 4.79 Å². The van der Waals surface area contributed by atoms with E-state index in [4.69, 9.17) is 5.11 Å². The summed E-state index contributed by atoms with van der Waals surface area (Å²) in [5.41, 5.74) is 0. The van der Waals surface area contributed by atoms with Gasteiger partial charge in [0.25, 0.3) is 0 Å². The van der Waals surface area contributed by atoms with Gasteiger partial charge in [0.05, 0.1) is 5.92 Å². The van der Waals surface area contributed by atoms with Gasteiger partial charge in [0.15, 0.2) is 0 Å². The topological polar surface area (TPSA) is 78.4 Å². The van der Waals surface area contributed by atoms with Gasteiger partial charge in [0.2, 0.25) is 0 Å². The van der Waals surface area contributed by atoms with E-state index in [1.54, 1.807) is 6.92 Å². The van der Waals surface area contributed by atoms with Crippen LogP contribution in [-0.2, 0) is 4.79 Å². The molecule has 0 aliphatic heterocycles. The summed E-state index contributed by atoms with van der Waals surface area (Å²) >= 11 is 0. The maximum absolute atomic E-state index is 11.5. The van der Waals surface area contributed by atoms with Gasteiger partial charge in [-0.05, 0) is 18.8 Å². The fraction of sp³-hybridized carbons (Fsp3) is 0.857. The molecule has 0 saturated heterocycles. The number of carboxylic acids is 1. The molecule has 0 rings (SSSR count). The Hall–Kier alpha value is -1.26. The van der Waals surface area contributed by atoms with Crippen LogP contribution in [-0.4, -0.2) is 30.2 Å². The summed E-state index contributed by atoms with van der Waals surface area (Å²) in [4.78, 5) is 22.1. The zero-order valence-electron chi connectivity index (χ0n) is 12.4. The van der Waals surface area contributed by atoms with Crippen LogP contribution in [0.15, 0.2) is 0 Å². The highest BCUT2D eigenvalue weighted by molar-refractivity contribution is 5.74. The molecule has 2 amide bonds. The summed E-state index contributed by atoms with van der Waals surface area (Å²) in [6.07, 6.45) is 5.03. The SMILES string of the molecule is CCCCC(CC)CNC(=O)NCCC(C)C(=O)O. The smallest absolute Gasteiger partial charge is 0.314 e. The second-order valence-corrected chi connectivity index (χ2v) is 5.08. The van der Waals surface area contributed by atoms with Crippen molar-refractivity contribution in [2.45, 2.75) is 52.9 Å². The van der Waals surface area contributed by atoms with Crippen molar-refractivity contribution in [1.82, 2.24) is 10.6 Å². The van der Waals surface area contributed by atoms with Crippen LogP contribution < -0.4 is 10.6 Å². The molecule has 0 spiro atoms. The molecule has 3 N–H and O–H groups in total. The first-order valence-electron chi connectivity index (χ1n) is 7.25. The van der Waals surface area contributed by atoms with Crippen molar-refractivity contribution < 1.29 is 14.7 Å². The predicted octanol–water partition coefficient (Wildman–Crippen LogP) is 2.61. The molecule has 0 radical (unpaired) electrons. The second kappa shape index (κ2) is 10.6. The van der Waals surface area contributed by atoms with Gasteiger partial charge >= 0.3 is 12.0 Å². The maximum Gasteiger partial charge on any atom is 0.314 e. The monoisotopic (exact) mass is 272 g/mol. The lowest BCUT2D eigenvalue weighted by Crippen LogP contribution is -2.39. The second-order valence-electron chi connectivity index (χ2n) is 5.08. The predicted molar refractivity (Wildman–Crippen MR) is 76.1 cm³/mol. The molecule has 0 aromatic carbocycles. The zero-order valence-corrected chi connectivity index (χ0v) is 12.4. The maximum atomic E-state index is 11.5. The number of hydrogen-bond donors (Lipinski definition) is 3. The van der Waals surface area contributed by atoms with Gasteiger partial charge in [-0.15, -0.1) is 0 Å². The van der Waals surface area contributed by atoms with Gasteiger partial charge in [0.1, 0.15) is 0 Å². The molecule has 2 unspecified atom stereocenters. The van der Waals surface area contributed by atoms with E-state index < -0.39 is 11.9 Å². The van der Waals surface area contributed by atoms with Gasteiger partial charge in [-0.25, -0.2) is 4.79 Å². The molecule has 5 nitrogen and oxygen atoms in total. The molecular formula is C14H28N2O3. The molecule has 112 valence electrons. The third kappa shape index (κ3) is 9.33. The molecule has 5 heteroatoms. The number of hydrogen-bond acceptors (Lipinski definition) is 2. The standard InChI is InChI=1S/C14H28N2O3/c1-4-6-7-12(5-2)10-16-14(19)15-9-8-11(3)13(17)18/h11-12H,4-10H2,1-3H3,(H,17,18)(H2,15,16,19). The lowest BCUT2D eigenvalue weighted by molar-refractivity contribution is -0.141. The van der Waals surface area contributed by atoms with Crippen molar-refractivity contribution in [3.05, 3.63) is 0 Å². The minimum Gasteiger partial charge on any atom is -0.481 e. The lowest BCUT2D eigenvalue weighted by Gasteiger charge is -2.16. The molecule has 0 heterocycles. The van der Waals surface area contributed by atoms with E-state index >= 15 is 0 Å². The minimum absolute atomic E-state index is 0.201. The molecule has 19 heavy (non-hydrogen) atoms. The fourth-order valence-corrected chi connectivity index (χ4v) is 1.77. The third-order valence-electron chi connectivity index (χ3n) is 3.38. The first kappa shape index (κ1) is 17.7. The van der Waals surface area contributed by atoms with Crippen LogP contribution in [0.25, 0.3) is 0 Å². The van der Waals surface area contributed by atoms with Gasteiger partial charge in [0, 0.05) is 13.1 Å². The summed E-state index contributed by atoms with van der Waals surface area (Å²) in [6, 6.07) is -0.201. The Bertz CT molecular complexity index is 269. The largest absolute Gasteiger partial charge is 0.481 e. The number of carbonyl (C=O) groups excluding carboxylic acids is 1. The van der Waals surface area contributed by atoms with Crippen LogP contribution >= 0.6 is 0 Å². The quantitative estimate of drug-likeness (QED) is 0.572. The van der Waals surface area contributed by atoms with Crippen molar-refractivity contribution in [2.24, 2.45) is 11.8 Å². The highest BCUT2D eigenvalue weighted by Crippen LogP contribution is 2.10. The molecule has 0 aromatic heterocycles. The van der Waals surface area contributed by atoms with Crippen molar-refractivity contribution in [2.75, 3.05) is 13.1 Å². The highest BCUT2D eigenvalue weighted by atomic mass is 16.4. The van der Waals surface area contributed by atoms with E-state index in [1.807, 2.05) is 0 Å². The average Bonchev–Trinajstić information content (AvgIpc) is 2.38. The number of aliphatic carboxylic acids is 1. The van der Waals surface area contributed by atoms with Crippen LogP contribution in [0.4, 0.5) is 4.79 Å². The molecule has 0 aliphatic rings. The Morgan fingerprint density at radius 1 is 1.16 bits per heavy atom. The molecule has 0 aliphatic carbocycles. The van der Waals surface area contributed by atoms with Crippen molar-refractivity contribution >= 4 is 12.0 Å².